The van der Waals surface area contributed by atoms with E-state index in [1.54, 1.807) is 45.0 Å². The Morgan fingerprint density at radius 3 is 2.31 bits per heavy atom. The highest BCUT2D eigenvalue weighted by Crippen LogP contribution is 2.38. The van der Waals surface area contributed by atoms with Crippen molar-refractivity contribution < 1.29 is 24.2 Å². The summed E-state index contributed by atoms with van der Waals surface area (Å²) < 4.78 is 5.35. The van der Waals surface area contributed by atoms with Crippen LogP contribution in [0.3, 0.4) is 0 Å². The van der Waals surface area contributed by atoms with Crippen LogP contribution in [0.15, 0.2) is 30.0 Å². The zero-order chi connectivity index (χ0) is 23.7. The summed E-state index contributed by atoms with van der Waals surface area (Å²) in [4.78, 5) is 38.7. The molecule has 7 heteroatoms. The fourth-order valence-electron chi connectivity index (χ4n) is 3.59. The minimum Gasteiger partial charge on any atom is -0.510 e. The molecule has 32 heavy (non-hydrogen) atoms. The highest BCUT2D eigenvalue weighted by molar-refractivity contribution is 6.39. The Morgan fingerprint density at radius 1 is 1.03 bits per heavy atom. The number of benzene rings is 1. The Bertz CT molecular complexity index is 854. The lowest BCUT2D eigenvalue weighted by molar-refractivity contribution is -0.121. The quantitative estimate of drug-likeness (QED) is 0.282. The number of imide groups is 1. The van der Waals surface area contributed by atoms with Crippen molar-refractivity contribution in [3.05, 3.63) is 35.6 Å². The molecule has 1 aromatic carbocycles. The summed E-state index contributed by atoms with van der Waals surface area (Å²) in [5.74, 6) is -1.12. The smallest absolute Gasteiger partial charge is 0.422 e. The molecule has 0 saturated heterocycles. The molecule has 3 amide bonds. The molecule has 0 unspecified atom stereocenters. The molecular formula is C25H36N2O5. The Hall–Kier alpha value is -2.83. The predicted molar refractivity (Wildman–Crippen MR) is 125 cm³/mol. The van der Waals surface area contributed by atoms with Gasteiger partial charge in [-0.05, 0) is 33.3 Å². The van der Waals surface area contributed by atoms with Crippen LogP contribution in [0.25, 0.3) is 5.57 Å². The number of hydrogen-bond acceptors (Lipinski definition) is 5. The predicted octanol–water partition coefficient (Wildman–Crippen LogP) is 5.49. The van der Waals surface area contributed by atoms with Crippen molar-refractivity contribution >= 4 is 29.2 Å². The number of para-hydroxylation sites is 1. The molecule has 0 radical (unpaired) electrons. The summed E-state index contributed by atoms with van der Waals surface area (Å²) in [6.07, 6.45) is 7.38. The van der Waals surface area contributed by atoms with Crippen LogP contribution in [-0.4, -0.2) is 35.2 Å². The lowest BCUT2D eigenvalue weighted by atomic mass is 10.1. The van der Waals surface area contributed by atoms with Gasteiger partial charge in [0.05, 0.1) is 17.8 Å². The molecule has 0 aromatic heterocycles. The van der Waals surface area contributed by atoms with Gasteiger partial charge in [-0.1, -0.05) is 63.6 Å². The number of carbonyl (C=O) groups excluding carboxylic acids is 3. The molecule has 0 aliphatic carbocycles. The van der Waals surface area contributed by atoms with E-state index in [4.69, 9.17) is 4.74 Å². The SMILES string of the molecule is CCCCCCCCCC(=O)NCC(O)=C1C(=O)N(C(=O)OC(C)(C)C)c2ccccc21. The van der Waals surface area contributed by atoms with Gasteiger partial charge in [0.15, 0.2) is 0 Å². The van der Waals surface area contributed by atoms with Crippen molar-refractivity contribution in [3.63, 3.8) is 0 Å². The van der Waals surface area contributed by atoms with E-state index in [-0.39, 0.29) is 23.8 Å². The van der Waals surface area contributed by atoms with E-state index in [1.807, 2.05) is 0 Å². The summed E-state index contributed by atoms with van der Waals surface area (Å²) in [6, 6.07) is 6.70. The minimum absolute atomic E-state index is 0.00248. The Kier molecular flexibility index (Phi) is 9.29. The van der Waals surface area contributed by atoms with Gasteiger partial charge >= 0.3 is 6.09 Å². The number of aliphatic hydroxyl groups is 1. The van der Waals surface area contributed by atoms with Gasteiger partial charge in [0.25, 0.3) is 5.91 Å². The maximum atomic E-state index is 13.0. The van der Waals surface area contributed by atoms with Crippen molar-refractivity contribution in [2.75, 3.05) is 11.4 Å². The largest absolute Gasteiger partial charge is 0.510 e. The third-order valence-corrected chi connectivity index (χ3v) is 5.16. The maximum absolute atomic E-state index is 13.0. The minimum atomic E-state index is -0.805. The van der Waals surface area contributed by atoms with E-state index >= 15 is 0 Å². The van der Waals surface area contributed by atoms with Crippen molar-refractivity contribution in [2.45, 2.75) is 84.7 Å². The molecule has 0 fully saturated rings. The van der Waals surface area contributed by atoms with Gasteiger partial charge in [-0.2, -0.15) is 0 Å². The molecule has 7 nitrogen and oxygen atoms in total. The topological polar surface area (TPSA) is 95.9 Å². The number of amides is 3. The van der Waals surface area contributed by atoms with Crippen LogP contribution >= 0.6 is 0 Å². The highest BCUT2D eigenvalue weighted by atomic mass is 16.6. The number of fused-ring (bicyclic) bond motifs is 1. The van der Waals surface area contributed by atoms with Crippen LogP contribution in [0.1, 0.15) is 84.6 Å². The number of aliphatic hydroxyl groups excluding tert-OH is 1. The summed E-state index contributed by atoms with van der Waals surface area (Å²) in [5, 5.41) is 13.3. The number of nitrogens with zero attached hydrogens (tertiary/aromatic N) is 1. The lowest BCUT2D eigenvalue weighted by Crippen LogP contribution is -2.39. The molecule has 176 valence electrons. The van der Waals surface area contributed by atoms with E-state index in [2.05, 4.69) is 12.2 Å². The zero-order valence-corrected chi connectivity index (χ0v) is 19.7. The number of anilines is 1. The van der Waals surface area contributed by atoms with Gasteiger partial charge in [-0.3, -0.25) is 9.59 Å². The van der Waals surface area contributed by atoms with E-state index in [0.29, 0.717) is 17.7 Å². The molecule has 0 atom stereocenters. The second-order valence-electron chi connectivity index (χ2n) is 9.11. The first-order valence-electron chi connectivity index (χ1n) is 11.5. The van der Waals surface area contributed by atoms with Gasteiger partial charge in [-0.25, -0.2) is 9.69 Å². The molecule has 1 aromatic rings. The number of carbonyl (C=O) groups is 3. The third kappa shape index (κ3) is 7.11. The molecule has 1 heterocycles. The van der Waals surface area contributed by atoms with E-state index in [0.717, 1.165) is 24.2 Å². The van der Waals surface area contributed by atoms with Crippen LogP contribution in [0.2, 0.25) is 0 Å². The van der Waals surface area contributed by atoms with Crippen molar-refractivity contribution in [2.24, 2.45) is 0 Å². The summed E-state index contributed by atoms with van der Waals surface area (Å²) >= 11 is 0. The van der Waals surface area contributed by atoms with Gasteiger partial charge in [0, 0.05) is 12.0 Å². The second-order valence-corrected chi connectivity index (χ2v) is 9.11. The number of nitrogens with one attached hydrogen (secondary N) is 1. The highest BCUT2D eigenvalue weighted by Gasteiger charge is 2.40. The van der Waals surface area contributed by atoms with E-state index in [9.17, 15) is 19.5 Å². The van der Waals surface area contributed by atoms with Gasteiger partial charge < -0.3 is 15.2 Å². The molecule has 2 rings (SSSR count). The molecule has 1 aliphatic heterocycles. The summed E-state index contributed by atoms with van der Waals surface area (Å²) in [6.45, 7) is 7.15. The molecular weight excluding hydrogens is 408 g/mol. The van der Waals surface area contributed by atoms with Crippen LogP contribution < -0.4 is 10.2 Å². The van der Waals surface area contributed by atoms with Crippen molar-refractivity contribution in [3.8, 4) is 0 Å². The molecule has 0 spiro atoms. The summed E-state index contributed by atoms with van der Waals surface area (Å²) in [5.41, 5.74) is 0.0118. The third-order valence-electron chi connectivity index (χ3n) is 5.16. The van der Waals surface area contributed by atoms with Crippen LogP contribution in [0, 0.1) is 0 Å². The number of rotatable bonds is 10. The standard InChI is InChI=1S/C25H36N2O5/c1-5-6-7-8-9-10-11-16-21(29)26-17-20(28)22-18-14-12-13-15-19(18)27(23(22)30)24(31)32-25(2,3)4/h12-15,28H,5-11,16-17H2,1-4H3,(H,26,29). The molecule has 1 aliphatic rings. The molecule has 0 bridgehead atoms. The molecule has 2 N–H and O–H groups in total. The van der Waals surface area contributed by atoms with Crippen molar-refractivity contribution in [1.29, 1.82) is 0 Å². The summed E-state index contributed by atoms with van der Waals surface area (Å²) in [7, 11) is 0. The van der Waals surface area contributed by atoms with Gasteiger partial charge in [0.1, 0.15) is 11.4 Å². The first-order valence-corrected chi connectivity index (χ1v) is 11.5. The Labute approximate surface area is 190 Å². The normalized spacial score (nSPS) is 14.9. The van der Waals surface area contributed by atoms with Gasteiger partial charge in [0.2, 0.25) is 5.91 Å². The average molecular weight is 445 g/mol. The lowest BCUT2D eigenvalue weighted by Gasteiger charge is -2.23. The first kappa shape index (κ1) is 25.4. The monoisotopic (exact) mass is 444 g/mol. The number of hydrogen-bond donors (Lipinski definition) is 2. The van der Waals surface area contributed by atoms with Crippen molar-refractivity contribution in [1.82, 2.24) is 5.32 Å². The number of unbranched alkanes of at least 4 members (excludes halogenated alkanes) is 6. The number of ether oxygens (including phenoxy) is 1. The van der Waals surface area contributed by atoms with E-state index in [1.165, 1.54) is 25.7 Å². The first-order chi connectivity index (χ1) is 15.2. The fraction of sp³-hybridized carbons (Fsp3) is 0.560. The van der Waals surface area contributed by atoms with Crippen LogP contribution in [0.5, 0.6) is 0 Å². The fourth-order valence-corrected chi connectivity index (χ4v) is 3.59. The average Bonchev–Trinajstić information content (AvgIpc) is 3.02. The van der Waals surface area contributed by atoms with Crippen LogP contribution in [0.4, 0.5) is 10.5 Å². The van der Waals surface area contributed by atoms with E-state index < -0.39 is 17.6 Å². The van der Waals surface area contributed by atoms with Gasteiger partial charge in [-0.15, -0.1) is 0 Å². The second kappa shape index (κ2) is 11.7. The van der Waals surface area contributed by atoms with Crippen LogP contribution in [-0.2, 0) is 14.3 Å². The molecule has 0 saturated carbocycles. The Balaban J connectivity index is 1.99. The zero-order valence-electron chi connectivity index (χ0n) is 19.7. The Morgan fingerprint density at radius 2 is 1.66 bits per heavy atom. The maximum Gasteiger partial charge on any atom is 0.422 e.